The highest BCUT2D eigenvalue weighted by Gasteiger charge is 2.21. The van der Waals surface area contributed by atoms with Crippen LogP contribution in [0.25, 0.3) is 11.0 Å². The van der Waals surface area contributed by atoms with Crippen molar-refractivity contribution in [2.75, 3.05) is 0 Å². The smallest absolute Gasteiger partial charge is 0.232 e. The first-order valence-corrected chi connectivity index (χ1v) is 7.10. The lowest BCUT2D eigenvalue weighted by Crippen LogP contribution is -2.11. The van der Waals surface area contributed by atoms with Crippen molar-refractivity contribution in [2.45, 2.75) is 46.6 Å². The average molecular weight is 284 g/mol. The molecule has 0 N–H and O–H groups in total. The molecule has 1 aromatic carbocycles. The van der Waals surface area contributed by atoms with E-state index in [0.717, 1.165) is 11.0 Å². The second-order valence-electron chi connectivity index (χ2n) is 6.56. The maximum Gasteiger partial charge on any atom is 0.232 e. The van der Waals surface area contributed by atoms with Gasteiger partial charge in [0.05, 0.1) is 23.9 Å². The fourth-order valence-corrected chi connectivity index (χ4v) is 2.21. The van der Waals surface area contributed by atoms with E-state index in [1.54, 1.807) is 0 Å². The number of imidazole rings is 1. The van der Waals surface area contributed by atoms with Crippen molar-refractivity contribution in [1.82, 2.24) is 19.7 Å². The van der Waals surface area contributed by atoms with Crippen molar-refractivity contribution in [3.63, 3.8) is 0 Å². The van der Waals surface area contributed by atoms with Gasteiger partial charge < -0.3 is 9.09 Å². The first-order valence-electron chi connectivity index (χ1n) is 7.10. The van der Waals surface area contributed by atoms with Gasteiger partial charge in [-0.1, -0.05) is 25.9 Å². The quantitative estimate of drug-likeness (QED) is 0.724. The molecule has 5 heteroatoms. The van der Waals surface area contributed by atoms with Gasteiger partial charge in [-0.15, -0.1) is 0 Å². The number of aryl methyl sites for hydroxylation is 2. The minimum atomic E-state index is -0.129. The Kier molecular flexibility index (Phi) is 3.08. The maximum absolute atomic E-state index is 5.34. The maximum atomic E-state index is 5.34. The van der Waals surface area contributed by atoms with Crippen molar-refractivity contribution in [1.29, 1.82) is 0 Å². The fraction of sp³-hybridized carbons (Fsp3) is 0.438. The Morgan fingerprint density at radius 3 is 2.52 bits per heavy atom. The molecule has 0 aliphatic carbocycles. The molecule has 0 fully saturated rings. The lowest BCUT2D eigenvalue weighted by Gasteiger charge is -2.10. The van der Waals surface area contributed by atoms with E-state index in [2.05, 4.69) is 66.4 Å². The topological polar surface area (TPSA) is 56.7 Å². The van der Waals surface area contributed by atoms with E-state index in [9.17, 15) is 0 Å². The molecule has 0 atom stereocenters. The number of benzene rings is 1. The van der Waals surface area contributed by atoms with Crippen molar-refractivity contribution in [3.05, 3.63) is 41.3 Å². The van der Waals surface area contributed by atoms with E-state index in [4.69, 9.17) is 4.52 Å². The van der Waals surface area contributed by atoms with Gasteiger partial charge in [0, 0.05) is 5.41 Å². The van der Waals surface area contributed by atoms with Crippen LogP contribution in [-0.4, -0.2) is 19.7 Å². The van der Waals surface area contributed by atoms with Gasteiger partial charge in [0.15, 0.2) is 5.82 Å². The van der Waals surface area contributed by atoms with Crippen LogP contribution in [0.3, 0.4) is 0 Å². The van der Waals surface area contributed by atoms with E-state index in [0.29, 0.717) is 18.3 Å². The molecule has 3 rings (SSSR count). The monoisotopic (exact) mass is 284 g/mol. The molecule has 5 nitrogen and oxygen atoms in total. The summed E-state index contributed by atoms with van der Waals surface area (Å²) in [6.07, 6.45) is 1.83. The SMILES string of the molecule is Cc1cc2ncn(Cc3noc(C(C)(C)C)n3)c2cc1C. The molecular weight excluding hydrogens is 264 g/mol. The summed E-state index contributed by atoms with van der Waals surface area (Å²) in [5.74, 6) is 1.34. The summed E-state index contributed by atoms with van der Waals surface area (Å²) in [5, 5.41) is 4.07. The van der Waals surface area contributed by atoms with Crippen LogP contribution >= 0.6 is 0 Å². The third kappa shape index (κ3) is 2.55. The van der Waals surface area contributed by atoms with E-state index >= 15 is 0 Å². The third-order valence-electron chi connectivity index (χ3n) is 3.66. The predicted octanol–water partition coefficient (Wildman–Crippen LogP) is 3.38. The predicted molar refractivity (Wildman–Crippen MR) is 81.3 cm³/mol. The van der Waals surface area contributed by atoms with Crippen LogP contribution in [0.5, 0.6) is 0 Å². The molecule has 3 aromatic rings. The van der Waals surface area contributed by atoms with Gasteiger partial charge in [0.1, 0.15) is 0 Å². The van der Waals surface area contributed by atoms with Crippen LogP contribution in [-0.2, 0) is 12.0 Å². The Balaban J connectivity index is 1.95. The number of aromatic nitrogens is 4. The Bertz CT molecular complexity index is 792. The molecule has 0 saturated carbocycles. The lowest BCUT2D eigenvalue weighted by atomic mass is 9.97. The molecular formula is C16H20N4O. The molecule has 0 aliphatic rings. The van der Waals surface area contributed by atoms with Crippen molar-refractivity contribution in [3.8, 4) is 0 Å². The van der Waals surface area contributed by atoms with E-state index in [-0.39, 0.29) is 5.41 Å². The molecule has 0 amide bonds. The number of nitrogens with zero attached hydrogens (tertiary/aromatic N) is 4. The molecule has 0 bridgehead atoms. The molecule has 0 spiro atoms. The van der Waals surface area contributed by atoms with Gasteiger partial charge in [-0.3, -0.25) is 0 Å². The molecule has 0 saturated heterocycles. The van der Waals surface area contributed by atoms with Gasteiger partial charge >= 0.3 is 0 Å². The summed E-state index contributed by atoms with van der Waals surface area (Å²) in [6, 6.07) is 4.26. The Hall–Kier alpha value is -2.17. The van der Waals surface area contributed by atoms with Crippen molar-refractivity contribution < 1.29 is 4.52 Å². The highest BCUT2D eigenvalue weighted by atomic mass is 16.5. The lowest BCUT2D eigenvalue weighted by molar-refractivity contribution is 0.318. The van der Waals surface area contributed by atoms with Crippen molar-refractivity contribution >= 4 is 11.0 Å². The number of rotatable bonds is 2. The number of hydrogen-bond donors (Lipinski definition) is 0. The molecule has 21 heavy (non-hydrogen) atoms. The van der Waals surface area contributed by atoms with E-state index < -0.39 is 0 Å². The Morgan fingerprint density at radius 1 is 1.14 bits per heavy atom. The first-order chi connectivity index (χ1) is 9.84. The van der Waals surface area contributed by atoms with Crippen LogP contribution in [0.4, 0.5) is 0 Å². The molecule has 2 aromatic heterocycles. The van der Waals surface area contributed by atoms with Crippen LogP contribution in [0.15, 0.2) is 23.0 Å². The summed E-state index contributed by atoms with van der Waals surface area (Å²) in [7, 11) is 0. The highest BCUT2D eigenvalue weighted by molar-refractivity contribution is 5.77. The second kappa shape index (κ2) is 4.69. The summed E-state index contributed by atoms with van der Waals surface area (Å²) < 4.78 is 7.39. The van der Waals surface area contributed by atoms with Crippen LogP contribution < -0.4 is 0 Å². The molecule has 0 aliphatic heterocycles. The van der Waals surface area contributed by atoms with Crippen LogP contribution in [0.1, 0.15) is 43.6 Å². The average Bonchev–Trinajstić information content (AvgIpc) is 2.99. The molecule has 2 heterocycles. The largest absolute Gasteiger partial charge is 0.339 e. The summed E-state index contributed by atoms with van der Waals surface area (Å²) in [6.45, 7) is 11.0. The van der Waals surface area contributed by atoms with Gasteiger partial charge in [-0.25, -0.2) is 4.98 Å². The van der Waals surface area contributed by atoms with E-state index in [1.807, 2.05) is 6.33 Å². The summed E-state index contributed by atoms with van der Waals surface area (Å²) in [4.78, 5) is 8.93. The molecule has 0 radical (unpaired) electrons. The minimum absolute atomic E-state index is 0.129. The number of fused-ring (bicyclic) bond motifs is 1. The standard InChI is InChI=1S/C16H20N4O/c1-10-6-12-13(7-11(10)2)20(9-17-12)8-14-18-15(21-19-14)16(3,4)5/h6-7,9H,8H2,1-5H3. The van der Waals surface area contributed by atoms with Crippen LogP contribution in [0, 0.1) is 13.8 Å². The fourth-order valence-electron chi connectivity index (χ4n) is 2.21. The third-order valence-corrected chi connectivity index (χ3v) is 3.66. The van der Waals surface area contributed by atoms with E-state index in [1.165, 1.54) is 11.1 Å². The van der Waals surface area contributed by atoms with Crippen molar-refractivity contribution in [2.24, 2.45) is 0 Å². The van der Waals surface area contributed by atoms with Crippen LogP contribution in [0.2, 0.25) is 0 Å². The normalized spacial score (nSPS) is 12.2. The van der Waals surface area contributed by atoms with Gasteiger partial charge in [0.25, 0.3) is 0 Å². The first kappa shape index (κ1) is 13.8. The van der Waals surface area contributed by atoms with Gasteiger partial charge in [-0.05, 0) is 37.1 Å². The summed E-state index contributed by atoms with van der Waals surface area (Å²) >= 11 is 0. The molecule has 110 valence electrons. The Labute approximate surface area is 124 Å². The zero-order valence-electron chi connectivity index (χ0n) is 13.1. The summed E-state index contributed by atoms with van der Waals surface area (Å²) in [5.41, 5.74) is 4.48. The number of hydrogen-bond acceptors (Lipinski definition) is 4. The zero-order chi connectivity index (χ0) is 15.2. The van der Waals surface area contributed by atoms with Gasteiger partial charge in [0.2, 0.25) is 5.89 Å². The highest BCUT2D eigenvalue weighted by Crippen LogP contribution is 2.21. The second-order valence-corrected chi connectivity index (χ2v) is 6.56. The van der Waals surface area contributed by atoms with Gasteiger partial charge in [-0.2, -0.15) is 4.98 Å². The minimum Gasteiger partial charge on any atom is -0.339 e. The molecule has 0 unspecified atom stereocenters. The Morgan fingerprint density at radius 2 is 1.86 bits per heavy atom. The zero-order valence-corrected chi connectivity index (χ0v) is 13.1.